The highest BCUT2D eigenvalue weighted by atomic mass is 32.2. The number of benzene rings is 2. The molecule has 10 heteroatoms. The standard InChI is InChI=1S/C21H27N3O5S2/c1-17(24(30(2,26)27)19-9-5-3-6-10-19)21(25)22-18-11-13-20(14-12-18)31(28,29)23-15-7-4-8-16-23/h3,5-6,9-14,17H,4,7-8,15-16H2,1-2H3,(H,22,25)/t17-/m1/s1. The Balaban J connectivity index is 1.75. The number of para-hydroxylation sites is 1. The van der Waals surface area contributed by atoms with Gasteiger partial charge in [-0.2, -0.15) is 4.31 Å². The van der Waals surface area contributed by atoms with Crippen LogP contribution in [0.25, 0.3) is 0 Å². The lowest BCUT2D eigenvalue weighted by Crippen LogP contribution is -2.45. The van der Waals surface area contributed by atoms with Gasteiger partial charge in [-0.1, -0.05) is 24.6 Å². The first kappa shape index (κ1) is 23.2. The van der Waals surface area contributed by atoms with Crippen LogP contribution >= 0.6 is 0 Å². The Labute approximate surface area is 184 Å². The average molecular weight is 466 g/mol. The fourth-order valence-corrected chi connectivity index (χ4v) is 6.29. The van der Waals surface area contributed by atoms with Crippen molar-refractivity contribution >= 4 is 37.3 Å². The van der Waals surface area contributed by atoms with E-state index in [9.17, 15) is 21.6 Å². The summed E-state index contributed by atoms with van der Waals surface area (Å²) in [5, 5.41) is 2.67. The van der Waals surface area contributed by atoms with E-state index in [1.807, 2.05) is 0 Å². The van der Waals surface area contributed by atoms with E-state index in [1.165, 1.54) is 35.5 Å². The summed E-state index contributed by atoms with van der Waals surface area (Å²) < 4.78 is 52.7. The van der Waals surface area contributed by atoms with Crippen molar-refractivity contribution in [1.82, 2.24) is 4.31 Å². The van der Waals surface area contributed by atoms with Crippen molar-refractivity contribution in [3.63, 3.8) is 0 Å². The maximum absolute atomic E-state index is 12.8. The van der Waals surface area contributed by atoms with E-state index in [4.69, 9.17) is 0 Å². The number of nitrogens with one attached hydrogen (secondary N) is 1. The van der Waals surface area contributed by atoms with Gasteiger partial charge in [0.25, 0.3) is 0 Å². The average Bonchev–Trinajstić information content (AvgIpc) is 2.74. The maximum Gasteiger partial charge on any atom is 0.247 e. The molecule has 2 aromatic rings. The largest absolute Gasteiger partial charge is 0.324 e. The second-order valence-corrected chi connectivity index (χ2v) is 11.3. The normalized spacial score (nSPS) is 16.5. The quantitative estimate of drug-likeness (QED) is 0.677. The monoisotopic (exact) mass is 465 g/mol. The molecule has 1 amide bonds. The van der Waals surface area contributed by atoms with Crippen molar-refractivity contribution in [2.24, 2.45) is 0 Å². The number of piperidine rings is 1. The zero-order valence-corrected chi connectivity index (χ0v) is 19.2. The number of anilines is 2. The summed E-state index contributed by atoms with van der Waals surface area (Å²) in [4.78, 5) is 12.9. The Morgan fingerprint density at radius 1 is 0.935 bits per heavy atom. The fraction of sp³-hybridized carbons (Fsp3) is 0.381. The number of carbonyl (C=O) groups is 1. The molecular formula is C21H27N3O5S2. The van der Waals surface area contributed by atoms with Crippen LogP contribution in [0.5, 0.6) is 0 Å². The first-order valence-electron chi connectivity index (χ1n) is 10.1. The van der Waals surface area contributed by atoms with Crippen LogP contribution in [0.15, 0.2) is 59.5 Å². The zero-order chi connectivity index (χ0) is 22.6. The first-order valence-corrected chi connectivity index (χ1v) is 13.3. The van der Waals surface area contributed by atoms with Gasteiger partial charge in [0.05, 0.1) is 16.8 Å². The van der Waals surface area contributed by atoms with Crippen molar-refractivity contribution in [3.8, 4) is 0 Å². The van der Waals surface area contributed by atoms with Crippen LogP contribution in [-0.2, 0) is 24.8 Å². The van der Waals surface area contributed by atoms with Crippen molar-refractivity contribution in [2.75, 3.05) is 29.0 Å². The van der Waals surface area contributed by atoms with E-state index in [1.54, 1.807) is 30.3 Å². The number of amides is 1. The van der Waals surface area contributed by atoms with Gasteiger partial charge in [-0.05, 0) is 56.2 Å². The Kier molecular flexibility index (Phi) is 7.03. The minimum absolute atomic E-state index is 0.169. The number of nitrogens with zero attached hydrogens (tertiary/aromatic N) is 2. The molecule has 3 rings (SSSR count). The van der Waals surface area contributed by atoms with Crippen LogP contribution in [0.3, 0.4) is 0 Å². The smallest absolute Gasteiger partial charge is 0.247 e. The van der Waals surface area contributed by atoms with Crippen LogP contribution < -0.4 is 9.62 Å². The summed E-state index contributed by atoms with van der Waals surface area (Å²) in [5.74, 6) is -0.527. The van der Waals surface area contributed by atoms with Gasteiger partial charge >= 0.3 is 0 Å². The Hall–Kier alpha value is -2.43. The Bertz CT molecular complexity index is 1110. The highest BCUT2D eigenvalue weighted by Gasteiger charge is 2.29. The molecule has 1 aliphatic rings. The van der Waals surface area contributed by atoms with Gasteiger partial charge in [0.2, 0.25) is 26.0 Å². The maximum atomic E-state index is 12.8. The van der Waals surface area contributed by atoms with Crippen molar-refractivity contribution in [1.29, 1.82) is 0 Å². The summed E-state index contributed by atoms with van der Waals surface area (Å²) in [6, 6.07) is 13.3. The molecule has 1 heterocycles. The van der Waals surface area contributed by atoms with Crippen molar-refractivity contribution < 1.29 is 21.6 Å². The number of hydrogen-bond donors (Lipinski definition) is 1. The van der Waals surface area contributed by atoms with Crippen molar-refractivity contribution in [2.45, 2.75) is 37.1 Å². The molecule has 0 aromatic heterocycles. The molecule has 0 radical (unpaired) electrons. The molecule has 0 spiro atoms. The highest BCUT2D eigenvalue weighted by Crippen LogP contribution is 2.23. The molecule has 1 atom stereocenters. The van der Waals surface area contributed by atoms with Crippen LogP contribution in [0.2, 0.25) is 0 Å². The lowest BCUT2D eigenvalue weighted by atomic mass is 10.2. The number of carbonyl (C=O) groups excluding carboxylic acids is 1. The molecule has 0 saturated carbocycles. The molecule has 8 nitrogen and oxygen atoms in total. The van der Waals surface area contributed by atoms with E-state index >= 15 is 0 Å². The summed E-state index contributed by atoms with van der Waals surface area (Å²) in [6.45, 7) is 2.52. The first-order chi connectivity index (χ1) is 14.6. The van der Waals surface area contributed by atoms with Crippen LogP contribution in [0.4, 0.5) is 11.4 Å². The van der Waals surface area contributed by atoms with Crippen LogP contribution in [0, 0.1) is 0 Å². The third-order valence-electron chi connectivity index (χ3n) is 5.17. The van der Waals surface area contributed by atoms with Gasteiger partial charge in [0.1, 0.15) is 6.04 Å². The zero-order valence-electron chi connectivity index (χ0n) is 17.6. The second-order valence-electron chi connectivity index (χ2n) is 7.55. The molecule has 0 aliphatic carbocycles. The molecule has 31 heavy (non-hydrogen) atoms. The molecule has 168 valence electrons. The fourth-order valence-electron chi connectivity index (χ4n) is 3.59. The molecule has 1 aliphatic heterocycles. The Morgan fingerprint density at radius 3 is 2.06 bits per heavy atom. The van der Waals surface area contributed by atoms with Gasteiger partial charge in [0.15, 0.2) is 0 Å². The Morgan fingerprint density at radius 2 is 1.52 bits per heavy atom. The van der Waals surface area contributed by atoms with Gasteiger partial charge in [-0.25, -0.2) is 16.8 Å². The summed E-state index contributed by atoms with van der Waals surface area (Å²) >= 11 is 0. The SMILES string of the molecule is C[C@H](C(=O)Nc1ccc(S(=O)(=O)N2CCCCC2)cc1)N(c1ccccc1)S(C)(=O)=O. The van der Waals surface area contributed by atoms with E-state index in [0.717, 1.165) is 29.8 Å². The van der Waals surface area contributed by atoms with E-state index in [-0.39, 0.29) is 4.90 Å². The molecule has 0 unspecified atom stereocenters. The van der Waals surface area contributed by atoms with Crippen LogP contribution in [0.1, 0.15) is 26.2 Å². The summed E-state index contributed by atoms with van der Waals surface area (Å²) in [5.41, 5.74) is 0.770. The minimum atomic E-state index is -3.71. The molecular weight excluding hydrogens is 438 g/mol. The number of rotatable bonds is 7. The molecule has 2 aromatic carbocycles. The van der Waals surface area contributed by atoms with E-state index in [2.05, 4.69) is 5.32 Å². The summed E-state index contributed by atoms with van der Waals surface area (Å²) in [7, 11) is -7.26. The molecule has 1 saturated heterocycles. The van der Waals surface area contributed by atoms with E-state index < -0.39 is 32.0 Å². The third-order valence-corrected chi connectivity index (χ3v) is 8.33. The lowest BCUT2D eigenvalue weighted by molar-refractivity contribution is -0.116. The second kappa shape index (κ2) is 9.37. The van der Waals surface area contributed by atoms with E-state index in [0.29, 0.717) is 24.5 Å². The number of hydrogen-bond acceptors (Lipinski definition) is 5. The van der Waals surface area contributed by atoms with Gasteiger partial charge in [-0.15, -0.1) is 0 Å². The van der Waals surface area contributed by atoms with Gasteiger partial charge in [-0.3, -0.25) is 9.10 Å². The number of sulfonamides is 2. The summed E-state index contributed by atoms with van der Waals surface area (Å²) in [6.07, 6.45) is 3.78. The predicted molar refractivity (Wildman–Crippen MR) is 121 cm³/mol. The molecule has 1 fully saturated rings. The van der Waals surface area contributed by atoms with Gasteiger partial charge < -0.3 is 5.32 Å². The molecule has 0 bridgehead atoms. The minimum Gasteiger partial charge on any atom is -0.324 e. The van der Waals surface area contributed by atoms with Crippen LogP contribution in [-0.4, -0.2) is 52.4 Å². The lowest BCUT2D eigenvalue weighted by Gasteiger charge is -2.28. The van der Waals surface area contributed by atoms with Gasteiger partial charge in [0, 0.05) is 18.8 Å². The highest BCUT2D eigenvalue weighted by molar-refractivity contribution is 7.92. The van der Waals surface area contributed by atoms with Crippen molar-refractivity contribution in [3.05, 3.63) is 54.6 Å². The predicted octanol–water partition coefficient (Wildman–Crippen LogP) is 2.65. The topological polar surface area (TPSA) is 104 Å². The third kappa shape index (κ3) is 5.44. The molecule has 1 N–H and O–H groups in total.